The van der Waals surface area contributed by atoms with Crippen molar-refractivity contribution >= 4 is 11.8 Å². The van der Waals surface area contributed by atoms with Gasteiger partial charge in [-0.2, -0.15) is 18.2 Å². The molecule has 4 heterocycles. The zero-order chi connectivity index (χ0) is 27.2. The van der Waals surface area contributed by atoms with Crippen LogP contribution >= 0.6 is 0 Å². The first-order valence-corrected chi connectivity index (χ1v) is 13.3. The molecule has 2 aromatic carbocycles. The minimum Gasteiger partial charge on any atom is -0.489 e. The van der Waals surface area contributed by atoms with Crippen molar-refractivity contribution in [2.45, 2.75) is 63.3 Å². The Hall–Kier alpha value is -3.53. The molecular weight excluding hydrogens is 509 g/mol. The molecule has 2 bridgehead atoms. The normalized spacial score (nSPS) is 24.2. The Kier molecular flexibility index (Phi) is 6.53. The lowest BCUT2D eigenvalue weighted by molar-refractivity contribution is -0.182. The van der Waals surface area contributed by atoms with Crippen molar-refractivity contribution in [1.82, 2.24) is 9.55 Å². The second-order valence-electron chi connectivity index (χ2n) is 10.8. The van der Waals surface area contributed by atoms with Crippen LogP contribution < -0.4 is 20.1 Å². The van der Waals surface area contributed by atoms with Gasteiger partial charge in [-0.3, -0.25) is 9.36 Å². The van der Waals surface area contributed by atoms with Crippen LogP contribution in [0.4, 0.5) is 24.9 Å². The summed E-state index contributed by atoms with van der Waals surface area (Å²) >= 11 is 0. The molecule has 3 atom stereocenters. The molecule has 0 aliphatic carbocycles. The highest BCUT2D eigenvalue weighted by atomic mass is 19.4. The second-order valence-corrected chi connectivity index (χ2v) is 10.8. The van der Waals surface area contributed by atoms with Gasteiger partial charge in [0.25, 0.3) is 5.56 Å². The molecule has 0 amide bonds. The Labute approximate surface area is 224 Å². The van der Waals surface area contributed by atoms with E-state index in [0.29, 0.717) is 37.7 Å². The highest BCUT2D eigenvalue weighted by Crippen LogP contribution is 2.43. The third kappa shape index (κ3) is 4.97. The predicted octanol–water partition coefficient (Wildman–Crippen LogP) is 4.57. The number of alkyl halides is 3. The number of benzene rings is 2. The smallest absolute Gasteiger partial charge is 0.413 e. The summed E-state index contributed by atoms with van der Waals surface area (Å²) in [6.07, 6.45) is -2.18. The first-order valence-electron chi connectivity index (χ1n) is 13.3. The number of hydrogen-bond acceptors (Lipinski definition) is 6. The Morgan fingerprint density at radius 3 is 2.38 bits per heavy atom. The molecule has 6 rings (SSSR count). The SMILES string of the molecule is C[C@@]1(C(F)(F)F)Cn2c(nc(N3CC4CCC(C3)O4)cc2=O)N1CCc1ccc(OCc2ccccc2)cc1. The number of rotatable bonds is 7. The summed E-state index contributed by atoms with van der Waals surface area (Å²) in [5.74, 6) is 1.17. The minimum atomic E-state index is -4.56. The summed E-state index contributed by atoms with van der Waals surface area (Å²) in [6, 6.07) is 18.5. The number of aromatic nitrogens is 2. The van der Waals surface area contributed by atoms with Gasteiger partial charge >= 0.3 is 6.18 Å². The maximum atomic E-state index is 14.4. The minimum absolute atomic E-state index is 0.0600. The van der Waals surface area contributed by atoms with E-state index in [1.807, 2.05) is 59.5 Å². The highest BCUT2D eigenvalue weighted by molar-refractivity contribution is 5.50. The Morgan fingerprint density at radius 2 is 1.72 bits per heavy atom. The number of halogens is 3. The third-order valence-corrected chi connectivity index (χ3v) is 8.05. The Morgan fingerprint density at radius 1 is 1.03 bits per heavy atom. The average Bonchev–Trinajstić information content (AvgIpc) is 3.42. The molecule has 0 saturated carbocycles. The van der Waals surface area contributed by atoms with Gasteiger partial charge in [-0.1, -0.05) is 42.5 Å². The molecule has 0 N–H and O–H groups in total. The van der Waals surface area contributed by atoms with E-state index in [9.17, 15) is 18.0 Å². The fourth-order valence-electron chi connectivity index (χ4n) is 5.74. The largest absolute Gasteiger partial charge is 0.489 e. The summed E-state index contributed by atoms with van der Waals surface area (Å²) in [7, 11) is 0. The van der Waals surface area contributed by atoms with Gasteiger partial charge in [0.05, 0.1) is 18.8 Å². The third-order valence-electron chi connectivity index (χ3n) is 8.05. The van der Waals surface area contributed by atoms with Crippen LogP contribution in [0.2, 0.25) is 0 Å². The fourth-order valence-corrected chi connectivity index (χ4v) is 5.74. The topological polar surface area (TPSA) is 59.8 Å². The summed E-state index contributed by atoms with van der Waals surface area (Å²) in [6.45, 7) is 2.32. The van der Waals surface area contributed by atoms with E-state index < -0.39 is 23.8 Å². The van der Waals surface area contributed by atoms with Crippen LogP contribution in [0, 0.1) is 0 Å². The molecule has 39 heavy (non-hydrogen) atoms. The van der Waals surface area contributed by atoms with E-state index in [4.69, 9.17) is 9.47 Å². The predicted molar refractivity (Wildman–Crippen MR) is 141 cm³/mol. The van der Waals surface area contributed by atoms with E-state index >= 15 is 0 Å². The molecule has 7 nitrogen and oxygen atoms in total. The van der Waals surface area contributed by atoms with Crippen LogP contribution in [0.5, 0.6) is 5.75 Å². The van der Waals surface area contributed by atoms with Crippen molar-refractivity contribution in [3.63, 3.8) is 0 Å². The van der Waals surface area contributed by atoms with Gasteiger partial charge < -0.3 is 19.3 Å². The van der Waals surface area contributed by atoms with Gasteiger partial charge in [-0.15, -0.1) is 0 Å². The first-order chi connectivity index (χ1) is 18.7. The molecule has 0 radical (unpaired) electrons. The van der Waals surface area contributed by atoms with E-state index in [0.717, 1.165) is 35.5 Å². The average molecular weight is 541 g/mol. The van der Waals surface area contributed by atoms with Crippen molar-refractivity contribution in [3.8, 4) is 5.75 Å². The van der Waals surface area contributed by atoms with Gasteiger partial charge in [0.2, 0.25) is 5.95 Å². The lowest BCUT2D eigenvalue weighted by atomic mass is 10.00. The fraction of sp³-hybridized carbons (Fsp3) is 0.448. The van der Waals surface area contributed by atoms with E-state index in [-0.39, 0.29) is 24.7 Å². The summed E-state index contributed by atoms with van der Waals surface area (Å²) < 4.78 is 56.2. The number of fused-ring (bicyclic) bond motifs is 3. The molecule has 206 valence electrons. The summed E-state index contributed by atoms with van der Waals surface area (Å²) in [5.41, 5.74) is -0.791. The number of nitrogens with zero attached hydrogens (tertiary/aromatic N) is 4. The van der Waals surface area contributed by atoms with Gasteiger partial charge in [-0.05, 0) is 49.4 Å². The lowest BCUT2D eigenvalue weighted by Crippen LogP contribution is -2.56. The quantitative estimate of drug-likeness (QED) is 0.438. The molecule has 1 aromatic heterocycles. The molecule has 3 aliphatic heterocycles. The lowest BCUT2D eigenvalue weighted by Gasteiger charge is -2.37. The summed E-state index contributed by atoms with van der Waals surface area (Å²) in [4.78, 5) is 20.9. The highest BCUT2D eigenvalue weighted by Gasteiger charge is 2.59. The second kappa shape index (κ2) is 9.89. The van der Waals surface area contributed by atoms with Gasteiger partial charge in [0, 0.05) is 25.7 Å². The zero-order valence-corrected chi connectivity index (χ0v) is 21.7. The Balaban J connectivity index is 1.21. The van der Waals surface area contributed by atoms with Crippen LogP contribution in [0.1, 0.15) is 30.9 Å². The van der Waals surface area contributed by atoms with Crippen molar-refractivity contribution in [3.05, 3.63) is 82.1 Å². The van der Waals surface area contributed by atoms with Crippen molar-refractivity contribution < 1.29 is 22.6 Å². The monoisotopic (exact) mass is 540 g/mol. The van der Waals surface area contributed by atoms with E-state index in [1.165, 1.54) is 11.0 Å². The molecule has 2 saturated heterocycles. The molecule has 2 fully saturated rings. The zero-order valence-electron chi connectivity index (χ0n) is 21.7. The standard InChI is InChI=1S/C29H31F3N4O3/c1-28(29(30,31)32)19-35-26(37)15-25(34-16-23-11-12-24(17-34)39-23)33-27(35)36(28)14-13-20-7-9-22(10-8-20)38-18-21-5-3-2-4-6-21/h2-10,15,23-24H,11-14,16-19H2,1H3/t23?,24?,28-/m0/s1. The van der Waals surface area contributed by atoms with E-state index in [2.05, 4.69) is 4.98 Å². The van der Waals surface area contributed by atoms with Crippen molar-refractivity contribution in [2.75, 3.05) is 29.4 Å². The van der Waals surface area contributed by atoms with Crippen LogP contribution in [0.25, 0.3) is 0 Å². The molecular formula is C29H31F3N4O3. The van der Waals surface area contributed by atoms with Gasteiger partial charge in [0.15, 0.2) is 5.54 Å². The van der Waals surface area contributed by atoms with Crippen LogP contribution in [0.15, 0.2) is 65.5 Å². The van der Waals surface area contributed by atoms with Crippen molar-refractivity contribution in [2.24, 2.45) is 0 Å². The first kappa shape index (κ1) is 25.7. The molecule has 10 heteroatoms. The van der Waals surface area contributed by atoms with E-state index in [1.54, 1.807) is 0 Å². The van der Waals surface area contributed by atoms with Crippen LogP contribution in [0.3, 0.4) is 0 Å². The molecule has 3 aromatic rings. The number of morpholine rings is 1. The maximum absolute atomic E-state index is 14.4. The Bertz CT molecular complexity index is 1370. The van der Waals surface area contributed by atoms with Gasteiger partial charge in [0.1, 0.15) is 18.2 Å². The molecule has 2 unspecified atom stereocenters. The number of hydrogen-bond donors (Lipinski definition) is 0. The summed E-state index contributed by atoms with van der Waals surface area (Å²) in [5, 5.41) is 0. The number of anilines is 2. The van der Waals surface area contributed by atoms with Gasteiger partial charge in [-0.25, -0.2) is 0 Å². The maximum Gasteiger partial charge on any atom is 0.413 e. The van der Waals surface area contributed by atoms with Crippen molar-refractivity contribution in [1.29, 1.82) is 0 Å². The van der Waals surface area contributed by atoms with Crippen LogP contribution in [-0.4, -0.2) is 53.1 Å². The molecule has 3 aliphatic rings. The van der Waals surface area contributed by atoms with Crippen LogP contribution in [-0.2, 0) is 24.3 Å². The molecule has 0 spiro atoms. The number of ether oxygens (including phenoxy) is 2.